The van der Waals surface area contributed by atoms with Gasteiger partial charge in [0, 0.05) is 35.1 Å². The summed E-state index contributed by atoms with van der Waals surface area (Å²) in [5, 5.41) is 9.26. The summed E-state index contributed by atoms with van der Waals surface area (Å²) in [6, 6.07) is 12.6. The number of likely N-dealkylation sites (N-methyl/N-ethyl adjacent to an activating group) is 1. The van der Waals surface area contributed by atoms with Crippen LogP contribution in [-0.2, 0) is 15.3 Å². The highest BCUT2D eigenvalue weighted by Gasteiger charge is 2.33. The Morgan fingerprint density at radius 3 is 2.52 bits per heavy atom. The maximum absolute atomic E-state index is 12.9. The number of aromatic nitrogens is 3. The number of hydrogen-bond acceptors (Lipinski definition) is 8. The molecule has 40 heavy (non-hydrogen) atoms. The summed E-state index contributed by atoms with van der Waals surface area (Å²) in [6.07, 6.45) is 0. The maximum atomic E-state index is 12.9. The zero-order valence-electron chi connectivity index (χ0n) is 23.4. The van der Waals surface area contributed by atoms with Gasteiger partial charge in [-0.05, 0) is 63.9 Å². The predicted octanol–water partition coefficient (Wildman–Crippen LogP) is 5.75. The second-order valence-electron chi connectivity index (χ2n) is 9.16. The summed E-state index contributed by atoms with van der Waals surface area (Å²) >= 11 is 7.80. The van der Waals surface area contributed by atoms with Gasteiger partial charge in [-0.3, -0.25) is 9.59 Å². The van der Waals surface area contributed by atoms with E-state index in [1.54, 1.807) is 22.6 Å². The van der Waals surface area contributed by atoms with Gasteiger partial charge in [-0.25, -0.2) is 4.68 Å². The molecule has 1 unspecified atom stereocenters. The fourth-order valence-electron chi connectivity index (χ4n) is 4.60. The van der Waals surface area contributed by atoms with Crippen LogP contribution in [0.1, 0.15) is 51.8 Å². The average molecular weight is 584 g/mol. The molecule has 1 N–H and O–H groups in total. The molecule has 0 saturated carbocycles. The van der Waals surface area contributed by atoms with E-state index in [1.165, 1.54) is 11.8 Å². The van der Waals surface area contributed by atoms with E-state index < -0.39 is 6.04 Å². The fourth-order valence-corrected chi connectivity index (χ4v) is 5.72. The van der Waals surface area contributed by atoms with Gasteiger partial charge in [-0.15, -0.1) is 5.10 Å². The Morgan fingerprint density at radius 1 is 1.10 bits per heavy atom. The number of ether oxygens (including phenoxy) is 2. The number of thioether (sulfide) groups is 1. The minimum atomic E-state index is -0.526. The van der Waals surface area contributed by atoms with E-state index in [4.69, 9.17) is 31.2 Å². The lowest BCUT2D eigenvalue weighted by Crippen LogP contribution is -2.34. The molecular formula is C29H34ClN5O4S. The highest BCUT2D eigenvalue weighted by Crippen LogP contribution is 2.40. The van der Waals surface area contributed by atoms with Gasteiger partial charge >= 0.3 is 0 Å². The minimum absolute atomic E-state index is 0.0791. The topological polar surface area (TPSA) is 98.6 Å². The number of amides is 1. The molecule has 9 nitrogen and oxygen atoms in total. The molecule has 1 atom stereocenters. The lowest BCUT2D eigenvalue weighted by Gasteiger charge is -2.28. The summed E-state index contributed by atoms with van der Waals surface area (Å²) in [5.74, 6) is 1.91. The Hall–Kier alpha value is -3.50. The van der Waals surface area contributed by atoms with Crippen LogP contribution in [0.25, 0.3) is 0 Å². The van der Waals surface area contributed by atoms with Gasteiger partial charge in [0.15, 0.2) is 23.9 Å². The van der Waals surface area contributed by atoms with Crippen LogP contribution in [0, 0.1) is 0 Å². The molecule has 11 heteroatoms. The summed E-state index contributed by atoms with van der Waals surface area (Å²) in [7, 11) is 0. The first kappa shape index (κ1) is 29.5. The molecule has 212 valence electrons. The predicted molar refractivity (Wildman–Crippen MR) is 157 cm³/mol. The number of nitrogens with one attached hydrogen (secondary N) is 1. The van der Waals surface area contributed by atoms with Gasteiger partial charge in [0.25, 0.3) is 5.91 Å². The van der Waals surface area contributed by atoms with Gasteiger partial charge < -0.3 is 19.7 Å². The maximum Gasteiger partial charge on any atom is 0.260 e. The second-order valence-corrected chi connectivity index (χ2v) is 10.5. The van der Waals surface area contributed by atoms with Crippen molar-refractivity contribution < 1.29 is 19.1 Å². The summed E-state index contributed by atoms with van der Waals surface area (Å²) in [4.78, 5) is 31.8. The van der Waals surface area contributed by atoms with Crippen molar-refractivity contribution in [2.24, 2.45) is 0 Å². The molecule has 0 radical (unpaired) electrons. The first-order chi connectivity index (χ1) is 19.3. The van der Waals surface area contributed by atoms with Crippen molar-refractivity contribution in [1.29, 1.82) is 0 Å². The number of hydrogen-bond donors (Lipinski definition) is 1. The first-order valence-corrected chi connectivity index (χ1v) is 14.6. The standard InChI is InChI=1S/C29H34ClN5O4S/c1-6-34(7-2)25(37)16-39-23-14-13-20(15-24(23)38-8-3)27-26(19(5)36)18(4)31-28-32-29(33-35(27)28)40-17-21-11-9-10-12-22(21)30/h9-15,27H,6-8,16-17H2,1-5H3,(H,31,32,33). The molecule has 2 heterocycles. The van der Waals surface area contributed by atoms with Crippen LogP contribution < -0.4 is 14.8 Å². The van der Waals surface area contributed by atoms with Crippen LogP contribution in [-0.4, -0.2) is 57.7 Å². The Bertz CT molecular complexity index is 1420. The highest BCUT2D eigenvalue weighted by atomic mass is 35.5. The Labute approximate surface area is 243 Å². The van der Waals surface area contributed by atoms with Crippen LogP contribution in [0.15, 0.2) is 58.9 Å². The smallest absolute Gasteiger partial charge is 0.260 e. The molecule has 1 amide bonds. The molecule has 0 aliphatic carbocycles. The first-order valence-electron chi connectivity index (χ1n) is 13.3. The van der Waals surface area contributed by atoms with E-state index >= 15 is 0 Å². The van der Waals surface area contributed by atoms with E-state index in [0.29, 0.717) is 64.3 Å². The molecule has 1 aromatic heterocycles. The molecule has 0 saturated heterocycles. The molecule has 1 aliphatic heterocycles. The van der Waals surface area contributed by atoms with Crippen molar-refractivity contribution in [1.82, 2.24) is 19.7 Å². The summed E-state index contributed by atoms with van der Waals surface area (Å²) in [6.45, 7) is 10.7. The molecule has 2 aromatic carbocycles. The van der Waals surface area contributed by atoms with Crippen LogP contribution in [0.5, 0.6) is 11.5 Å². The number of fused-ring (bicyclic) bond motifs is 1. The van der Waals surface area contributed by atoms with E-state index in [-0.39, 0.29) is 18.3 Å². The molecule has 4 rings (SSSR count). The quantitative estimate of drug-likeness (QED) is 0.269. The number of carbonyl (C=O) groups excluding carboxylic acids is 2. The van der Waals surface area contributed by atoms with Crippen LogP contribution in [0.4, 0.5) is 5.95 Å². The second kappa shape index (κ2) is 13.2. The fraction of sp³-hybridized carbons (Fsp3) is 0.379. The number of nitrogens with zero attached hydrogens (tertiary/aromatic N) is 4. The van der Waals surface area contributed by atoms with Gasteiger partial charge in [0.2, 0.25) is 11.1 Å². The van der Waals surface area contributed by atoms with E-state index in [2.05, 4.69) is 5.32 Å². The number of allylic oxidation sites excluding steroid dienone is 2. The largest absolute Gasteiger partial charge is 0.490 e. The molecule has 0 fully saturated rings. The zero-order valence-corrected chi connectivity index (χ0v) is 24.9. The lowest BCUT2D eigenvalue weighted by molar-refractivity contribution is -0.133. The molecule has 0 bridgehead atoms. The number of benzene rings is 2. The van der Waals surface area contributed by atoms with Crippen LogP contribution in [0.2, 0.25) is 5.02 Å². The van der Waals surface area contributed by atoms with Gasteiger partial charge in [0.1, 0.15) is 6.04 Å². The number of carbonyl (C=O) groups is 2. The van der Waals surface area contributed by atoms with E-state index in [0.717, 1.165) is 11.1 Å². The third-order valence-electron chi connectivity index (χ3n) is 6.58. The third-order valence-corrected chi connectivity index (χ3v) is 7.83. The molecule has 1 aliphatic rings. The Balaban J connectivity index is 1.66. The number of Topliss-reactive ketones (excluding diaryl/α,β-unsaturated/α-hetero) is 1. The van der Waals surface area contributed by atoms with Crippen LogP contribution >= 0.6 is 23.4 Å². The molecular weight excluding hydrogens is 550 g/mol. The third kappa shape index (κ3) is 6.45. The van der Waals surface area contributed by atoms with Crippen LogP contribution in [0.3, 0.4) is 0 Å². The number of ketones is 1. The average Bonchev–Trinajstić information content (AvgIpc) is 3.34. The minimum Gasteiger partial charge on any atom is -0.490 e. The monoisotopic (exact) mass is 583 g/mol. The number of halogens is 1. The van der Waals surface area contributed by atoms with Gasteiger partial charge in [0.05, 0.1) is 6.61 Å². The Kier molecular flexibility index (Phi) is 9.76. The van der Waals surface area contributed by atoms with Crippen molar-refractivity contribution in [3.63, 3.8) is 0 Å². The van der Waals surface area contributed by atoms with Gasteiger partial charge in [-0.2, -0.15) is 4.98 Å². The SMILES string of the molecule is CCOc1cc(C2C(C(C)=O)=C(C)Nc3nc(SCc4ccccc4Cl)nn32)ccc1OCC(=O)N(CC)CC. The van der Waals surface area contributed by atoms with E-state index in [9.17, 15) is 9.59 Å². The molecule has 0 spiro atoms. The van der Waals surface area contributed by atoms with Crippen molar-refractivity contribution in [2.45, 2.75) is 51.6 Å². The van der Waals surface area contributed by atoms with Crippen molar-refractivity contribution in [3.8, 4) is 11.5 Å². The van der Waals surface area contributed by atoms with E-state index in [1.807, 2.05) is 64.1 Å². The lowest BCUT2D eigenvalue weighted by atomic mass is 9.93. The highest BCUT2D eigenvalue weighted by molar-refractivity contribution is 7.98. The zero-order chi connectivity index (χ0) is 28.8. The van der Waals surface area contributed by atoms with Crippen molar-refractivity contribution in [2.75, 3.05) is 31.6 Å². The molecule has 3 aromatic rings. The normalized spacial score (nSPS) is 14.4. The van der Waals surface area contributed by atoms with Gasteiger partial charge in [-0.1, -0.05) is 47.6 Å². The Morgan fingerprint density at radius 2 is 1.85 bits per heavy atom. The summed E-state index contributed by atoms with van der Waals surface area (Å²) < 4.78 is 13.5. The number of anilines is 1. The summed E-state index contributed by atoms with van der Waals surface area (Å²) in [5.41, 5.74) is 3.06. The van der Waals surface area contributed by atoms with Crippen molar-refractivity contribution >= 4 is 41.0 Å². The van der Waals surface area contributed by atoms with Crippen molar-refractivity contribution in [3.05, 3.63) is 69.9 Å². The number of rotatable bonds is 12.